The van der Waals surface area contributed by atoms with E-state index >= 15 is 0 Å². The summed E-state index contributed by atoms with van der Waals surface area (Å²) in [5.74, 6) is 0. The van der Waals surface area contributed by atoms with E-state index in [4.69, 9.17) is 17.3 Å². The van der Waals surface area contributed by atoms with E-state index in [-0.39, 0.29) is 0 Å². The number of rotatable bonds is 4. The highest BCUT2D eigenvalue weighted by Gasteiger charge is 2.13. The first-order valence-corrected chi connectivity index (χ1v) is 6.81. The molecule has 0 aliphatic rings. The van der Waals surface area contributed by atoms with Gasteiger partial charge in [0.15, 0.2) is 0 Å². The molecule has 0 bridgehead atoms. The molecule has 2 aromatic carbocycles. The van der Waals surface area contributed by atoms with Crippen LogP contribution in [0.2, 0.25) is 5.02 Å². The molecule has 3 nitrogen and oxygen atoms in total. The number of nitrogen functional groups attached to an aromatic ring is 1. The van der Waals surface area contributed by atoms with Crippen LogP contribution in [0, 0.1) is 11.3 Å². The molecule has 0 spiro atoms. The van der Waals surface area contributed by atoms with Crippen LogP contribution in [0.25, 0.3) is 0 Å². The van der Waals surface area contributed by atoms with Crippen LogP contribution >= 0.6 is 11.6 Å². The molecule has 0 saturated carbocycles. The highest BCUT2D eigenvalue weighted by atomic mass is 35.5. The summed E-state index contributed by atoms with van der Waals surface area (Å²) in [7, 11) is 0. The van der Waals surface area contributed by atoms with Crippen LogP contribution in [-0.4, -0.2) is 6.54 Å². The average Bonchev–Trinajstić information content (AvgIpc) is 2.44. The van der Waals surface area contributed by atoms with E-state index in [0.717, 1.165) is 23.5 Å². The maximum Gasteiger partial charge on any atom is 0.103 e. The van der Waals surface area contributed by atoms with Crippen molar-refractivity contribution in [1.82, 2.24) is 0 Å². The van der Waals surface area contributed by atoms with Crippen LogP contribution in [0.5, 0.6) is 0 Å². The molecule has 2 aromatic rings. The van der Waals surface area contributed by atoms with Crippen molar-refractivity contribution in [2.45, 2.75) is 13.5 Å². The van der Waals surface area contributed by atoms with Gasteiger partial charge in [0, 0.05) is 18.8 Å². The lowest BCUT2D eigenvalue weighted by atomic mass is 10.1. The molecule has 0 aliphatic heterocycles. The summed E-state index contributed by atoms with van der Waals surface area (Å²) >= 11 is 6.09. The molecule has 0 aromatic heterocycles. The standard InChI is InChI=1S/C16H16ClN3/c1-2-20(11-12-5-3-6-13(19)9-12)16-8-4-7-15(17)14(16)10-18/h3-9H,2,11,19H2,1H3. The molecule has 0 heterocycles. The third-order valence-electron chi connectivity index (χ3n) is 3.15. The molecule has 0 fully saturated rings. The first kappa shape index (κ1) is 14.2. The predicted molar refractivity (Wildman–Crippen MR) is 83.7 cm³/mol. The Kier molecular flexibility index (Phi) is 4.49. The lowest BCUT2D eigenvalue weighted by Crippen LogP contribution is -2.23. The average molecular weight is 286 g/mol. The Labute approximate surface area is 124 Å². The van der Waals surface area contributed by atoms with Gasteiger partial charge in [-0.2, -0.15) is 5.26 Å². The van der Waals surface area contributed by atoms with Crippen LogP contribution in [0.3, 0.4) is 0 Å². The van der Waals surface area contributed by atoms with E-state index in [0.29, 0.717) is 17.1 Å². The summed E-state index contributed by atoms with van der Waals surface area (Å²) in [6, 6.07) is 15.5. The molecule has 102 valence electrons. The molecule has 0 radical (unpaired) electrons. The normalized spacial score (nSPS) is 10.1. The number of nitriles is 1. The lowest BCUT2D eigenvalue weighted by Gasteiger charge is -2.24. The Morgan fingerprint density at radius 3 is 2.65 bits per heavy atom. The highest BCUT2D eigenvalue weighted by Crippen LogP contribution is 2.28. The number of hydrogen-bond donors (Lipinski definition) is 1. The Hall–Kier alpha value is -2.18. The van der Waals surface area contributed by atoms with Gasteiger partial charge in [-0.1, -0.05) is 29.8 Å². The monoisotopic (exact) mass is 285 g/mol. The van der Waals surface area contributed by atoms with Gasteiger partial charge >= 0.3 is 0 Å². The zero-order chi connectivity index (χ0) is 14.5. The lowest BCUT2D eigenvalue weighted by molar-refractivity contribution is 0.831. The van der Waals surface area contributed by atoms with Crippen LogP contribution < -0.4 is 10.6 Å². The van der Waals surface area contributed by atoms with Gasteiger partial charge in [-0.25, -0.2) is 0 Å². The van der Waals surface area contributed by atoms with Gasteiger partial charge in [-0.15, -0.1) is 0 Å². The quantitative estimate of drug-likeness (QED) is 0.869. The minimum absolute atomic E-state index is 0.482. The Balaban J connectivity index is 2.34. The minimum atomic E-state index is 0.482. The maximum absolute atomic E-state index is 9.27. The summed E-state index contributed by atoms with van der Waals surface area (Å²) in [5, 5.41) is 9.76. The summed E-state index contributed by atoms with van der Waals surface area (Å²) in [4.78, 5) is 2.11. The van der Waals surface area contributed by atoms with Crippen molar-refractivity contribution in [2.24, 2.45) is 0 Å². The predicted octanol–water partition coefficient (Wildman–Crippen LogP) is 3.82. The molecule has 20 heavy (non-hydrogen) atoms. The zero-order valence-corrected chi connectivity index (χ0v) is 12.1. The first-order chi connectivity index (χ1) is 9.65. The van der Waals surface area contributed by atoms with Crippen molar-refractivity contribution in [2.75, 3.05) is 17.2 Å². The largest absolute Gasteiger partial charge is 0.399 e. The molecule has 0 amide bonds. The Morgan fingerprint density at radius 2 is 2.00 bits per heavy atom. The maximum atomic E-state index is 9.27. The van der Waals surface area contributed by atoms with Gasteiger partial charge in [0.05, 0.1) is 16.3 Å². The molecule has 0 saturated heterocycles. The zero-order valence-electron chi connectivity index (χ0n) is 11.3. The van der Waals surface area contributed by atoms with Crippen LogP contribution in [0.1, 0.15) is 18.1 Å². The van der Waals surface area contributed by atoms with Gasteiger partial charge in [0.1, 0.15) is 6.07 Å². The van der Waals surface area contributed by atoms with E-state index in [2.05, 4.69) is 11.0 Å². The minimum Gasteiger partial charge on any atom is -0.399 e. The second-order valence-electron chi connectivity index (χ2n) is 4.50. The molecule has 0 aliphatic carbocycles. The number of anilines is 2. The fourth-order valence-electron chi connectivity index (χ4n) is 2.17. The number of benzene rings is 2. The molecule has 2 N–H and O–H groups in total. The van der Waals surface area contributed by atoms with Crippen LogP contribution in [-0.2, 0) is 6.54 Å². The van der Waals surface area contributed by atoms with Gasteiger partial charge in [-0.3, -0.25) is 0 Å². The summed E-state index contributed by atoms with van der Waals surface area (Å²) in [6.07, 6.45) is 0. The van der Waals surface area contributed by atoms with Crippen molar-refractivity contribution < 1.29 is 0 Å². The van der Waals surface area contributed by atoms with E-state index < -0.39 is 0 Å². The van der Waals surface area contributed by atoms with Gasteiger partial charge in [0.2, 0.25) is 0 Å². The Morgan fingerprint density at radius 1 is 1.25 bits per heavy atom. The van der Waals surface area contributed by atoms with Crippen molar-refractivity contribution >= 4 is 23.0 Å². The SMILES string of the molecule is CCN(Cc1cccc(N)c1)c1cccc(Cl)c1C#N. The van der Waals surface area contributed by atoms with Crippen LogP contribution in [0.15, 0.2) is 42.5 Å². The molecule has 0 atom stereocenters. The molecule has 2 rings (SSSR count). The van der Waals surface area contributed by atoms with Crippen molar-refractivity contribution in [3.05, 3.63) is 58.6 Å². The van der Waals surface area contributed by atoms with Crippen molar-refractivity contribution in [1.29, 1.82) is 5.26 Å². The molecular weight excluding hydrogens is 270 g/mol. The van der Waals surface area contributed by atoms with Gasteiger partial charge in [0.25, 0.3) is 0 Å². The number of nitrogens with zero attached hydrogens (tertiary/aromatic N) is 2. The molecular formula is C16H16ClN3. The second-order valence-corrected chi connectivity index (χ2v) is 4.91. The van der Waals surface area contributed by atoms with Gasteiger partial charge in [-0.05, 0) is 36.8 Å². The topological polar surface area (TPSA) is 53.0 Å². The summed E-state index contributed by atoms with van der Waals surface area (Å²) in [5.41, 5.74) is 9.02. The fourth-order valence-corrected chi connectivity index (χ4v) is 2.38. The fraction of sp³-hybridized carbons (Fsp3) is 0.188. The first-order valence-electron chi connectivity index (χ1n) is 6.43. The second kappa shape index (κ2) is 6.31. The van der Waals surface area contributed by atoms with E-state index in [1.165, 1.54) is 0 Å². The smallest absolute Gasteiger partial charge is 0.103 e. The third-order valence-corrected chi connectivity index (χ3v) is 3.47. The number of nitrogens with two attached hydrogens (primary N) is 1. The van der Waals surface area contributed by atoms with E-state index in [9.17, 15) is 5.26 Å². The number of hydrogen-bond acceptors (Lipinski definition) is 3. The van der Waals surface area contributed by atoms with Crippen molar-refractivity contribution in [3.63, 3.8) is 0 Å². The highest BCUT2D eigenvalue weighted by molar-refractivity contribution is 6.32. The Bertz CT molecular complexity index is 646. The summed E-state index contributed by atoms with van der Waals surface area (Å²) < 4.78 is 0. The number of halogens is 1. The molecule has 4 heteroatoms. The van der Waals surface area contributed by atoms with E-state index in [1.807, 2.05) is 43.3 Å². The van der Waals surface area contributed by atoms with Crippen LogP contribution in [0.4, 0.5) is 11.4 Å². The molecule has 0 unspecified atom stereocenters. The van der Waals surface area contributed by atoms with Gasteiger partial charge < -0.3 is 10.6 Å². The summed E-state index contributed by atoms with van der Waals surface area (Å²) in [6.45, 7) is 3.52. The third kappa shape index (κ3) is 3.04. The van der Waals surface area contributed by atoms with E-state index in [1.54, 1.807) is 6.07 Å². The van der Waals surface area contributed by atoms with Crippen molar-refractivity contribution in [3.8, 4) is 6.07 Å².